The maximum atomic E-state index is 5.96. The molecular weight excluding hydrogens is 697 g/mol. The monoisotopic (exact) mass is 736 g/mol. The van der Waals surface area contributed by atoms with E-state index in [1.807, 2.05) is 72.8 Å². The van der Waals surface area contributed by atoms with Gasteiger partial charge in [-0.05, 0) is 72.8 Å². The van der Waals surface area contributed by atoms with E-state index in [1.54, 1.807) is 28.4 Å². The summed E-state index contributed by atoms with van der Waals surface area (Å²) in [5.74, 6) is 3.04. The first-order valence-electron chi connectivity index (χ1n) is 18.4. The van der Waals surface area contributed by atoms with Gasteiger partial charge in [0, 0.05) is 88.7 Å². The zero-order chi connectivity index (χ0) is 38.2. The molecule has 0 spiro atoms. The molecular formula is C48H40N4O4. The Labute approximate surface area is 323 Å². The molecule has 1 aliphatic heterocycles. The van der Waals surface area contributed by atoms with Crippen molar-refractivity contribution in [2.75, 3.05) is 28.4 Å². The van der Waals surface area contributed by atoms with Gasteiger partial charge in [-0.2, -0.15) is 0 Å². The molecule has 276 valence electrons. The molecule has 8 aromatic rings. The minimum Gasteiger partial charge on any atom is -0.496 e. The first-order chi connectivity index (χ1) is 27.6. The number of ether oxygens (including phenoxy) is 4. The van der Waals surface area contributed by atoms with Crippen molar-refractivity contribution in [1.82, 2.24) is 19.9 Å². The largest absolute Gasteiger partial charge is 0.496 e. The highest BCUT2D eigenvalue weighted by Crippen LogP contribution is 2.35. The summed E-state index contributed by atoms with van der Waals surface area (Å²) in [6.07, 6.45) is 0. The van der Waals surface area contributed by atoms with E-state index in [-0.39, 0.29) is 0 Å². The molecule has 0 unspecified atom stereocenters. The fourth-order valence-corrected chi connectivity index (χ4v) is 7.89. The first-order valence-corrected chi connectivity index (χ1v) is 18.4. The van der Waals surface area contributed by atoms with Gasteiger partial charge in [0.25, 0.3) is 0 Å². The van der Waals surface area contributed by atoms with Gasteiger partial charge in [0.2, 0.25) is 0 Å². The van der Waals surface area contributed by atoms with Gasteiger partial charge in [-0.25, -0.2) is 0 Å². The Hall–Kier alpha value is -7.32. The van der Waals surface area contributed by atoms with Crippen molar-refractivity contribution in [2.24, 2.45) is 0 Å². The van der Waals surface area contributed by atoms with Crippen LogP contribution in [0, 0.1) is 0 Å². The average Bonchev–Trinajstić information content (AvgIpc) is 4.10. The molecule has 4 aromatic carbocycles. The Morgan fingerprint density at radius 3 is 0.732 bits per heavy atom. The van der Waals surface area contributed by atoms with Gasteiger partial charge in [-0.15, -0.1) is 0 Å². The van der Waals surface area contributed by atoms with E-state index < -0.39 is 0 Å². The third kappa shape index (κ3) is 5.88. The topological polar surface area (TPSA) is 100 Å². The molecule has 8 nitrogen and oxygen atoms in total. The van der Waals surface area contributed by atoms with Crippen LogP contribution in [0.5, 0.6) is 23.0 Å². The van der Waals surface area contributed by atoms with Crippen molar-refractivity contribution in [2.45, 2.75) is 0 Å². The van der Waals surface area contributed by atoms with Crippen molar-refractivity contribution >= 4 is 22.3 Å². The average molecular weight is 737 g/mol. The number of H-pyrrole nitrogens is 4. The molecule has 0 radical (unpaired) electrons. The Kier molecular flexibility index (Phi) is 8.91. The molecule has 0 fully saturated rings. The molecule has 0 saturated heterocycles. The van der Waals surface area contributed by atoms with Crippen LogP contribution < -0.4 is 40.3 Å². The number of methoxy groups -OCH3 is 4. The van der Waals surface area contributed by atoms with Crippen LogP contribution in [0.25, 0.3) is 22.3 Å². The van der Waals surface area contributed by atoms with Gasteiger partial charge in [0.15, 0.2) is 0 Å². The van der Waals surface area contributed by atoms with Gasteiger partial charge < -0.3 is 38.9 Å². The number of nitrogens with one attached hydrogen (secondary N) is 4. The highest BCUT2D eigenvalue weighted by molar-refractivity contribution is 5.87. The summed E-state index contributed by atoms with van der Waals surface area (Å²) >= 11 is 0. The second-order valence-electron chi connectivity index (χ2n) is 13.4. The second-order valence-corrected chi connectivity index (χ2v) is 13.4. The summed E-state index contributed by atoms with van der Waals surface area (Å²) in [6, 6.07) is 49.4. The summed E-state index contributed by atoms with van der Waals surface area (Å²) in [4.78, 5) is 15.3. The van der Waals surface area contributed by atoms with Gasteiger partial charge >= 0.3 is 0 Å². The molecule has 0 atom stereocenters. The summed E-state index contributed by atoms with van der Waals surface area (Å²) in [5.41, 5.74) is 11.2. The number of benzene rings is 4. The maximum Gasteiger partial charge on any atom is 0.126 e. The van der Waals surface area contributed by atoms with E-state index in [2.05, 4.69) is 92.7 Å². The second kappa shape index (κ2) is 14.5. The van der Waals surface area contributed by atoms with Crippen molar-refractivity contribution < 1.29 is 18.9 Å². The van der Waals surface area contributed by atoms with Crippen molar-refractivity contribution in [3.05, 3.63) is 212 Å². The van der Waals surface area contributed by atoms with Crippen molar-refractivity contribution in [1.29, 1.82) is 0 Å². The van der Waals surface area contributed by atoms with E-state index in [9.17, 15) is 0 Å². The smallest absolute Gasteiger partial charge is 0.126 e. The minimum absolute atomic E-state index is 0.759. The van der Waals surface area contributed by atoms with Gasteiger partial charge in [-0.1, -0.05) is 72.8 Å². The Morgan fingerprint density at radius 1 is 0.268 bits per heavy atom. The van der Waals surface area contributed by atoms with E-state index in [0.29, 0.717) is 0 Å². The summed E-state index contributed by atoms with van der Waals surface area (Å²) < 4.78 is 23.9. The van der Waals surface area contributed by atoms with E-state index in [1.165, 1.54) is 0 Å². The summed E-state index contributed by atoms with van der Waals surface area (Å²) in [5, 5.41) is 3.63. The van der Waals surface area contributed by atoms with Crippen LogP contribution in [-0.4, -0.2) is 48.4 Å². The Morgan fingerprint density at radius 2 is 0.500 bits per heavy atom. The zero-order valence-corrected chi connectivity index (χ0v) is 31.5. The lowest BCUT2D eigenvalue weighted by atomic mass is 10.0. The molecule has 4 aromatic heterocycles. The number of fused-ring (bicyclic) bond motifs is 8. The van der Waals surface area contributed by atoms with Crippen LogP contribution in [0.15, 0.2) is 146 Å². The standard InChI is InChI=1S/C48H40N4O4/c1-53-41-17-9-5-13-29(41)45-33-21-23-35(49-33)46(30-14-6-10-18-42(30)54-2)37-25-27-39(51-37)48(32-16-8-12-20-44(32)56-4)40-28-26-38(52-40)47(36-24-22-34(45)50-36)31-15-7-11-19-43(31)55-3/h5-28,49-52H,1-4H3. The number of aromatic nitrogens is 4. The number of aromatic amines is 4. The third-order valence-corrected chi connectivity index (χ3v) is 10.4. The number of hydrogen-bond donors (Lipinski definition) is 4. The lowest BCUT2D eigenvalue weighted by Crippen LogP contribution is -2.19. The SMILES string of the molecule is COc1ccccc1C1=c2ccc([nH]2)=C(c2ccccc2OC)c2ccc([nH]2)C(c2ccccc2OC)=c2ccc([nH]2)=C(c2ccccc2OC)c2ccc1[nH]2. The Balaban J connectivity index is 1.47. The molecule has 5 heterocycles. The van der Waals surface area contributed by atoms with Gasteiger partial charge in [0.05, 0.1) is 28.4 Å². The minimum atomic E-state index is 0.759. The van der Waals surface area contributed by atoms with E-state index in [0.717, 1.165) is 112 Å². The summed E-state index contributed by atoms with van der Waals surface area (Å²) in [7, 11) is 6.83. The maximum absolute atomic E-state index is 5.96. The van der Waals surface area contributed by atoms with Crippen LogP contribution in [0.1, 0.15) is 45.0 Å². The molecule has 56 heavy (non-hydrogen) atoms. The van der Waals surface area contributed by atoms with Gasteiger partial charge in [0.1, 0.15) is 23.0 Å². The molecule has 4 N–H and O–H groups in total. The molecule has 9 rings (SSSR count). The predicted octanol–water partition coefficient (Wildman–Crippen LogP) is 6.34. The number of rotatable bonds is 8. The first kappa shape index (κ1) is 34.4. The fourth-order valence-electron chi connectivity index (χ4n) is 7.89. The molecule has 8 heteroatoms. The van der Waals surface area contributed by atoms with Crippen LogP contribution in [0.3, 0.4) is 0 Å². The number of hydrogen-bond acceptors (Lipinski definition) is 4. The fraction of sp³-hybridized carbons (Fsp3) is 0.0833. The number of para-hydroxylation sites is 4. The molecule has 0 saturated carbocycles. The predicted molar refractivity (Wildman–Crippen MR) is 220 cm³/mol. The Bertz CT molecular complexity index is 2600. The van der Waals surface area contributed by atoms with Crippen LogP contribution in [-0.2, 0) is 0 Å². The molecule has 8 bridgehead atoms. The molecule has 0 aliphatic carbocycles. The zero-order valence-electron chi connectivity index (χ0n) is 31.5. The lowest BCUT2D eigenvalue weighted by Gasteiger charge is -2.14. The summed E-state index contributed by atoms with van der Waals surface area (Å²) in [6.45, 7) is 0. The molecule has 1 aliphatic rings. The highest BCUT2D eigenvalue weighted by Gasteiger charge is 2.22. The van der Waals surface area contributed by atoms with Crippen LogP contribution in [0.2, 0.25) is 0 Å². The molecule has 0 amide bonds. The normalized spacial score (nSPS) is 12.5. The third-order valence-electron chi connectivity index (χ3n) is 10.4. The lowest BCUT2D eigenvalue weighted by molar-refractivity contribution is 0.413. The van der Waals surface area contributed by atoms with Crippen LogP contribution >= 0.6 is 0 Å². The van der Waals surface area contributed by atoms with Crippen molar-refractivity contribution in [3.63, 3.8) is 0 Å². The van der Waals surface area contributed by atoms with E-state index in [4.69, 9.17) is 18.9 Å². The highest BCUT2D eigenvalue weighted by atomic mass is 16.5. The van der Waals surface area contributed by atoms with Crippen LogP contribution in [0.4, 0.5) is 0 Å². The van der Waals surface area contributed by atoms with Crippen molar-refractivity contribution in [3.8, 4) is 23.0 Å². The quantitative estimate of drug-likeness (QED) is 0.147. The van der Waals surface area contributed by atoms with E-state index >= 15 is 0 Å². The van der Waals surface area contributed by atoms with Gasteiger partial charge in [-0.3, -0.25) is 0 Å².